The molecule has 2 nitrogen and oxygen atoms in total. The number of hydrogen-bond donors (Lipinski definition) is 0. The van der Waals surface area contributed by atoms with E-state index in [0.29, 0.717) is 45.1 Å². The maximum absolute atomic E-state index is 11.7. The van der Waals surface area contributed by atoms with Crippen molar-refractivity contribution >= 4 is 34.8 Å². The minimum atomic E-state index is -0.00354. The number of benzene rings is 2. The molecule has 0 N–H and O–H groups in total. The first-order valence-electron chi connectivity index (χ1n) is 8.13. The lowest BCUT2D eigenvalue weighted by atomic mass is 10.1. The third kappa shape index (κ3) is 4.99. The number of halogens is 2. The largest absolute Gasteiger partial charge is 0.294 e. The smallest absolute Gasteiger partial charge is 0.164 e. The van der Waals surface area contributed by atoms with E-state index in [2.05, 4.69) is 23.7 Å². The Morgan fingerprint density at radius 3 is 1.46 bits per heavy atom. The standard InChI is InChI=1S/C22H16Cl2O2/c1-3-21(25)17-11-9-15(13-19(17)23)7-5-6-8-16-10-12-18(20(24)14-16)22(26)4-2/h9-14H,3-4H2,1-2H3. The van der Waals surface area contributed by atoms with Crippen molar-refractivity contribution in [3.8, 4) is 23.7 Å². The van der Waals surface area contributed by atoms with Crippen molar-refractivity contribution in [3.05, 3.63) is 68.7 Å². The summed E-state index contributed by atoms with van der Waals surface area (Å²) in [4.78, 5) is 23.4. The molecule has 4 heteroatoms. The third-order valence-corrected chi connectivity index (χ3v) is 4.28. The zero-order valence-corrected chi connectivity index (χ0v) is 16.0. The van der Waals surface area contributed by atoms with Crippen LogP contribution in [0.3, 0.4) is 0 Å². The fraction of sp³-hybridized carbons (Fsp3) is 0.182. The highest BCUT2D eigenvalue weighted by Gasteiger charge is 2.08. The predicted octanol–water partition coefficient (Wildman–Crippen LogP) is 5.58. The minimum absolute atomic E-state index is 0.00354. The zero-order valence-electron chi connectivity index (χ0n) is 14.5. The maximum Gasteiger partial charge on any atom is 0.164 e. The Labute approximate surface area is 163 Å². The number of ketones is 2. The Balaban J connectivity index is 2.16. The van der Waals surface area contributed by atoms with E-state index in [1.807, 2.05) is 0 Å². The summed E-state index contributed by atoms with van der Waals surface area (Å²) in [6.07, 6.45) is 0.808. The molecule has 0 heterocycles. The maximum atomic E-state index is 11.7. The summed E-state index contributed by atoms with van der Waals surface area (Å²) in [5, 5.41) is 0.777. The highest BCUT2D eigenvalue weighted by atomic mass is 35.5. The summed E-state index contributed by atoms with van der Waals surface area (Å²) in [5.74, 6) is 11.3. The Morgan fingerprint density at radius 2 is 1.15 bits per heavy atom. The van der Waals surface area contributed by atoms with Gasteiger partial charge < -0.3 is 0 Å². The van der Waals surface area contributed by atoms with Crippen molar-refractivity contribution in [2.75, 3.05) is 0 Å². The summed E-state index contributed by atoms with van der Waals surface area (Å²) < 4.78 is 0. The normalized spacial score (nSPS) is 9.54. The molecule has 0 radical (unpaired) electrons. The van der Waals surface area contributed by atoms with Gasteiger partial charge in [-0.05, 0) is 48.2 Å². The highest BCUT2D eigenvalue weighted by Crippen LogP contribution is 2.20. The molecule has 0 atom stereocenters. The lowest BCUT2D eigenvalue weighted by Crippen LogP contribution is -1.97. The highest BCUT2D eigenvalue weighted by molar-refractivity contribution is 6.34. The summed E-state index contributed by atoms with van der Waals surface area (Å²) in [6.45, 7) is 3.58. The number of rotatable bonds is 4. The fourth-order valence-electron chi connectivity index (χ4n) is 2.23. The molecule has 0 aromatic heterocycles. The van der Waals surface area contributed by atoms with Gasteiger partial charge in [0.05, 0.1) is 10.0 Å². The van der Waals surface area contributed by atoms with Crippen LogP contribution in [-0.2, 0) is 0 Å². The van der Waals surface area contributed by atoms with Gasteiger partial charge in [0.1, 0.15) is 0 Å². The summed E-state index contributed by atoms with van der Waals surface area (Å²) in [5.41, 5.74) is 2.36. The molecule has 26 heavy (non-hydrogen) atoms. The van der Waals surface area contributed by atoms with Gasteiger partial charge in [-0.3, -0.25) is 9.59 Å². The number of Topliss-reactive ketones (excluding diaryl/α,β-unsaturated/α-hetero) is 2. The van der Waals surface area contributed by atoms with Gasteiger partial charge in [0, 0.05) is 35.1 Å². The van der Waals surface area contributed by atoms with Crippen LogP contribution in [0.2, 0.25) is 10.0 Å². The van der Waals surface area contributed by atoms with E-state index in [1.165, 1.54) is 0 Å². The van der Waals surface area contributed by atoms with Crippen LogP contribution < -0.4 is 0 Å². The molecule has 0 aliphatic carbocycles. The minimum Gasteiger partial charge on any atom is -0.294 e. The second kappa shape index (κ2) is 9.25. The molecule has 0 spiro atoms. The molecule has 130 valence electrons. The first-order valence-corrected chi connectivity index (χ1v) is 8.89. The van der Waals surface area contributed by atoms with E-state index in [1.54, 1.807) is 50.2 Å². The van der Waals surface area contributed by atoms with Crippen molar-refractivity contribution in [1.29, 1.82) is 0 Å². The van der Waals surface area contributed by atoms with Gasteiger partial charge >= 0.3 is 0 Å². The van der Waals surface area contributed by atoms with Crippen LogP contribution in [-0.4, -0.2) is 11.6 Å². The van der Waals surface area contributed by atoms with Crippen molar-refractivity contribution < 1.29 is 9.59 Å². The van der Waals surface area contributed by atoms with Crippen LogP contribution in [0.1, 0.15) is 58.5 Å². The molecule has 2 aromatic rings. The Bertz CT molecular complexity index is 901. The summed E-state index contributed by atoms with van der Waals surface area (Å²) in [6, 6.07) is 10.1. The second-order valence-corrected chi connectivity index (χ2v) is 6.26. The summed E-state index contributed by atoms with van der Waals surface area (Å²) in [7, 11) is 0. The second-order valence-electron chi connectivity index (χ2n) is 5.44. The molecule has 0 unspecified atom stereocenters. The van der Waals surface area contributed by atoms with Gasteiger partial charge in [-0.1, -0.05) is 48.9 Å². The molecule has 2 rings (SSSR count). The van der Waals surface area contributed by atoms with Gasteiger partial charge in [-0.15, -0.1) is 0 Å². The van der Waals surface area contributed by atoms with Gasteiger partial charge in [-0.25, -0.2) is 0 Å². The molecule has 0 fully saturated rings. The van der Waals surface area contributed by atoms with Gasteiger partial charge in [-0.2, -0.15) is 0 Å². The molecule has 2 aromatic carbocycles. The van der Waals surface area contributed by atoms with E-state index >= 15 is 0 Å². The van der Waals surface area contributed by atoms with Gasteiger partial charge in [0.15, 0.2) is 11.6 Å². The van der Waals surface area contributed by atoms with Crippen molar-refractivity contribution in [3.63, 3.8) is 0 Å². The van der Waals surface area contributed by atoms with E-state index in [4.69, 9.17) is 23.2 Å². The molecule has 0 aliphatic rings. The Kier molecular flexibility index (Phi) is 7.05. The third-order valence-electron chi connectivity index (χ3n) is 3.66. The zero-order chi connectivity index (χ0) is 19.1. The average Bonchev–Trinajstić information content (AvgIpc) is 2.64. The molecule has 0 saturated carbocycles. The average molecular weight is 383 g/mol. The Morgan fingerprint density at radius 1 is 0.769 bits per heavy atom. The van der Waals surface area contributed by atoms with Crippen LogP contribution >= 0.6 is 23.2 Å². The van der Waals surface area contributed by atoms with E-state index in [0.717, 1.165) is 0 Å². The van der Waals surface area contributed by atoms with E-state index < -0.39 is 0 Å². The van der Waals surface area contributed by atoms with E-state index in [9.17, 15) is 9.59 Å². The topological polar surface area (TPSA) is 34.1 Å². The molecular formula is C22H16Cl2O2. The first-order chi connectivity index (χ1) is 12.5. The lowest BCUT2D eigenvalue weighted by Gasteiger charge is -2.01. The van der Waals surface area contributed by atoms with Crippen molar-refractivity contribution in [2.24, 2.45) is 0 Å². The van der Waals surface area contributed by atoms with Crippen LogP contribution in [0, 0.1) is 23.7 Å². The van der Waals surface area contributed by atoms with Crippen LogP contribution in [0.5, 0.6) is 0 Å². The van der Waals surface area contributed by atoms with Gasteiger partial charge in [0.25, 0.3) is 0 Å². The van der Waals surface area contributed by atoms with Crippen molar-refractivity contribution in [2.45, 2.75) is 26.7 Å². The van der Waals surface area contributed by atoms with E-state index in [-0.39, 0.29) is 11.6 Å². The fourth-order valence-corrected chi connectivity index (χ4v) is 2.80. The Hall–Kier alpha value is -2.52. The SMILES string of the molecule is CCC(=O)c1ccc(C#CC#Cc2ccc(C(=O)CC)c(Cl)c2)cc1Cl. The molecule has 0 bridgehead atoms. The number of carbonyl (C=O) groups is 2. The first kappa shape index (κ1) is 19.8. The number of hydrogen-bond acceptors (Lipinski definition) is 2. The van der Waals surface area contributed by atoms with Crippen LogP contribution in [0.25, 0.3) is 0 Å². The van der Waals surface area contributed by atoms with Gasteiger partial charge in [0.2, 0.25) is 0 Å². The molecule has 0 saturated heterocycles. The van der Waals surface area contributed by atoms with Crippen LogP contribution in [0.4, 0.5) is 0 Å². The number of carbonyl (C=O) groups excluding carboxylic acids is 2. The molecule has 0 aliphatic heterocycles. The monoisotopic (exact) mass is 382 g/mol. The molecular weight excluding hydrogens is 367 g/mol. The predicted molar refractivity (Wildman–Crippen MR) is 106 cm³/mol. The quantitative estimate of drug-likeness (QED) is 0.510. The summed E-state index contributed by atoms with van der Waals surface area (Å²) >= 11 is 12.2. The lowest BCUT2D eigenvalue weighted by molar-refractivity contribution is 0.0980. The van der Waals surface area contributed by atoms with Crippen molar-refractivity contribution in [1.82, 2.24) is 0 Å². The molecule has 0 amide bonds. The van der Waals surface area contributed by atoms with Crippen LogP contribution in [0.15, 0.2) is 36.4 Å².